The molecule has 13 nitrogen and oxygen atoms in total. The third kappa shape index (κ3) is 11.1. The highest BCUT2D eigenvalue weighted by molar-refractivity contribution is 6.31. The zero-order valence-corrected chi connectivity index (χ0v) is 26.2. The molecule has 2 aromatic rings. The Balaban J connectivity index is 1.58. The van der Waals surface area contributed by atoms with Crippen molar-refractivity contribution in [3.05, 3.63) is 53.4 Å². The van der Waals surface area contributed by atoms with Gasteiger partial charge in [-0.2, -0.15) is 0 Å². The lowest BCUT2D eigenvalue weighted by atomic mass is 9.96. The van der Waals surface area contributed by atoms with E-state index in [1.54, 1.807) is 24.3 Å². The molecule has 14 heteroatoms. The first-order valence-electron chi connectivity index (χ1n) is 14.5. The van der Waals surface area contributed by atoms with Crippen molar-refractivity contribution in [2.45, 2.75) is 65.6 Å². The minimum absolute atomic E-state index is 0.167. The molecule has 1 fully saturated rings. The number of anilines is 1. The van der Waals surface area contributed by atoms with E-state index in [1.165, 1.54) is 30.4 Å². The van der Waals surface area contributed by atoms with E-state index in [2.05, 4.69) is 36.6 Å². The zero-order valence-electron chi connectivity index (χ0n) is 25.5. The van der Waals surface area contributed by atoms with E-state index >= 15 is 0 Å². The van der Waals surface area contributed by atoms with Crippen LogP contribution in [0.3, 0.4) is 0 Å². The maximum atomic E-state index is 13.3. The summed E-state index contributed by atoms with van der Waals surface area (Å²) < 4.78 is 0. The van der Waals surface area contributed by atoms with Gasteiger partial charge in [-0.1, -0.05) is 50.6 Å². The van der Waals surface area contributed by atoms with Gasteiger partial charge in [-0.3, -0.25) is 24.2 Å². The van der Waals surface area contributed by atoms with E-state index in [9.17, 15) is 24.0 Å². The van der Waals surface area contributed by atoms with Crippen LogP contribution in [-0.4, -0.2) is 76.2 Å². The molecular weight excluding hydrogens is 588 g/mol. The van der Waals surface area contributed by atoms with Crippen molar-refractivity contribution >= 4 is 47.1 Å². The van der Waals surface area contributed by atoms with E-state index in [0.29, 0.717) is 30.2 Å². The van der Waals surface area contributed by atoms with Gasteiger partial charge in [-0.05, 0) is 36.8 Å². The number of piperidine rings is 1. The molecule has 0 saturated carbocycles. The number of likely N-dealkylation sites (tertiary alicyclic amines) is 1. The monoisotopic (exact) mass is 628 g/mol. The highest BCUT2D eigenvalue weighted by atomic mass is 35.5. The molecule has 0 unspecified atom stereocenters. The number of carbonyl (C=O) groups is 5. The number of amides is 6. The van der Waals surface area contributed by atoms with Gasteiger partial charge < -0.3 is 31.5 Å². The fraction of sp³-hybridized carbons (Fsp3) is 0.500. The highest BCUT2D eigenvalue weighted by Gasteiger charge is 2.32. The van der Waals surface area contributed by atoms with Gasteiger partial charge in [0.15, 0.2) is 5.82 Å². The standard InChI is InChI=1S/C30H41ClN8O5/c1-19(26(41)34-16-21-7-5-6-8-22(21)31)36-28(43)23(15-25(40)35-18-30(2,3)4)37-29(44)39-13-9-20(10-14-39)27(42)38-24-17-32-11-12-33-24/h5-8,11-12,17,19-20,23H,9-10,13-16,18H2,1-4H3,(H,34,41)(H,35,40)(H,36,43)(H,37,44)(H,33,38,42)/t19-,23-/m0/s1. The number of carbonyl (C=O) groups excluding carboxylic acids is 5. The fourth-order valence-electron chi connectivity index (χ4n) is 4.36. The number of rotatable bonds is 11. The van der Waals surface area contributed by atoms with Crippen molar-refractivity contribution < 1.29 is 24.0 Å². The second-order valence-electron chi connectivity index (χ2n) is 11.9. The molecule has 6 amide bonds. The van der Waals surface area contributed by atoms with Crippen LogP contribution >= 0.6 is 11.6 Å². The van der Waals surface area contributed by atoms with Crippen molar-refractivity contribution in [1.82, 2.24) is 36.1 Å². The summed E-state index contributed by atoms with van der Waals surface area (Å²) in [4.78, 5) is 74.0. The third-order valence-corrected chi connectivity index (χ3v) is 7.32. The van der Waals surface area contributed by atoms with E-state index in [1.807, 2.05) is 20.8 Å². The van der Waals surface area contributed by atoms with E-state index in [4.69, 9.17) is 11.6 Å². The molecule has 1 aliphatic rings. The van der Waals surface area contributed by atoms with Crippen molar-refractivity contribution in [2.75, 3.05) is 25.0 Å². The maximum absolute atomic E-state index is 13.3. The first kappa shape index (κ1) is 34.2. The number of benzene rings is 1. The molecule has 0 spiro atoms. The van der Waals surface area contributed by atoms with Crippen LogP contribution in [-0.2, 0) is 25.7 Å². The molecule has 2 atom stereocenters. The van der Waals surface area contributed by atoms with Gasteiger partial charge in [-0.15, -0.1) is 0 Å². The predicted octanol–water partition coefficient (Wildman–Crippen LogP) is 2.23. The second-order valence-corrected chi connectivity index (χ2v) is 12.3. The number of aromatic nitrogens is 2. The van der Waals surface area contributed by atoms with Crippen molar-refractivity contribution in [3.63, 3.8) is 0 Å². The number of nitrogens with zero attached hydrogens (tertiary/aromatic N) is 3. The van der Waals surface area contributed by atoms with Crippen molar-refractivity contribution in [1.29, 1.82) is 0 Å². The number of halogens is 1. The molecule has 3 rings (SSSR count). The Labute approximate surface area is 262 Å². The van der Waals surface area contributed by atoms with E-state index in [-0.39, 0.29) is 43.3 Å². The summed E-state index contributed by atoms with van der Waals surface area (Å²) in [6.07, 6.45) is 4.93. The lowest BCUT2D eigenvalue weighted by molar-refractivity contribution is -0.131. The van der Waals surface area contributed by atoms with Gasteiger partial charge >= 0.3 is 6.03 Å². The average molecular weight is 629 g/mol. The van der Waals surface area contributed by atoms with Crippen LogP contribution < -0.4 is 26.6 Å². The quantitative estimate of drug-likeness (QED) is 0.254. The number of hydrogen-bond acceptors (Lipinski definition) is 7. The van der Waals surface area contributed by atoms with Crippen LogP contribution in [0.4, 0.5) is 10.6 Å². The van der Waals surface area contributed by atoms with Gasteiger partial charge in [-0.25, -0.2) is 9.78 Å². The summed E-state index contributed by atoms with van der Waals surface area (Å²) in [5.41, 5.74) is 0.533. The molecule has 238 valence electrons. The molecule has 0 radical (unpaired) electrons. The summed E-state index contributed by atoms with van der Waals surface area (Å²) in [5, 5.41) is 14.0. The van der Waals surface area contributed by atoms with Crippen molar-refractivity contribution in [2.24, 2.45) is 11.3 Å². The van der Waals surface area contributed by atoms with Crippen LogP contribution in [0.5, 0.6) is 0 Å². The summed E-state index contributed by atoms with van der Waals surface area (Å²) in [7, 11) is 0. The Hall–Kier alpha value is -4.26. The van der Waals surface area contributed by atoms with Crippen LogP contribution in [0, 0.1) is 11.3 Å². The summed E-state index contributed by atoms with van der Waals surface area (Å²) >= 11 is 6.16. The Morgan fingerprint density at radius 3 is 2.34 bits per heavy atom. The minimum atomic E-state index is -1.24. The lowest BCUT2D eigenvalue weighted by Crippen LogP contribution is -2.56. The molecule has 44 heavy (non-hydrogen) atoms. The lowest BCUT2D eigenvalue weighted by Gasteiger charge is -2.32. The van der Waals surface area contributed by atoms with Gasteiger partial charge in [0.1, 0.15) is 12.1 Å². The first-order valence-corrected chi connectivity index (χ1v) is 14.9. The smallest absolute Gasteiger partial charge is 0.318 e. The molecule has 1 aliphatic heterocycles. The number of urea groups is 1. The largest absolute Gasteiger partial charge is 0.355 e. The third-order valence-electron chi connectivity index (χ3n) is 6.95. The summed E-state index contributed by atoms with van der Waals surface area (Å²) in [6.45, 7) is 8.47. The van der Waals surface area contributed by atoms with Crippen LogP contribution in [0.15, 0.2) is 42.9 Å². The fourth-order valence-corrected chi connectivity index (χ4v) is 4.57. The molecule has 1 aromatic heterocycles. The number of hydrogen-bond donors (Lipinski definition) is 5. The van der Waals surface area contributed by atoms with Gasteiger partial charge in [0.2, 0.25) is 23.6 Å². The van der Waals surface area contributed by atoms with Crippen LogP contribution in [0.2, 0.25) is 5.02 Å². The van der Waals surface area contributed by atoms with Gasteiger partial charge in [0.25, 0.3) is 0 Å². The Bertz CT molecular complexity index is 1310. The molecule has 5 N–H and O–H groups in total. The highest BCUT2D eigenvalue weighted by Crippen LogP contribution is 2.19. The Kier molecular flexibility index (Phi) is 12.4. The van der Waals surface area contributed by atoms with Crippen LogP contribution in [0.1, 0.15) is 52.5 Å². The normalized spacial score (nSPS) is 15.0. The topological polar surface area (TPSA) is 175 Å². The molecular formula is C30H41ClN8O5. The summed E-state index contributed by atoms with van der Waals surface area (Å²) in [6, 6.07) is 4.34. The Morgan fingerprint density at radius 1 is 1.00 bits per heavy atom. The molecule has 1 saturated heterocycles. The SMILES string of the molecule is C[C@H](NC(=O)[C@H](CC(=O)NCC(C)(C)C)NC(=O)N1CCC(C(=O)Nc2cnccn2)CC1)C(=O)NCc1ccccc1Cl. The number of nitrogens with one attached hydrogen (secondary N) is 5. The minimum Gasteiger partial charge on any atom is -0.355 e. The average Bonchev–Trinajstić information content (AvgIpc) is 2.99. The first-order chi connectivity index (χ1) is 20.8. The van der Waals surface area contributed by atoms with Gasteiger partial charge in [0.05, 0.1) is 12.6 Å². The van der Waals surface area contributed by atoms with E-state index in [0.717, 1.165) is 5.56 Å². The molecule has 2 heterocycles. The second kappa shape index (κ2) is 16.0. The molecule has 1 aromatic carbocycles. The predicted molar refractivity (Wildman–Crippen MR) is 165 cm³/mol. The molecule has 0 bridgehead atoms. The molecule has 0 aliphatic carbocycles. The zero-order chi connectivity index (χ0) is 32.3. The van der Waals surface area contributed by atoms with Gasteiger partial charge in [0, 0.05) is 49.5 Å². The summed E-state index contributed by atoms with van der Waals surface area (Å²) in [5.74, 6) is -1.74. The van der Waals surface area contributed by atoms with Crippen molar-refractivity contribution in [3.8, 4) is 0 Å². The van der Waals surface area contributed by atoms with Crippen LogP contribution in [0.25, 0.3) is 0 Å². The van der Waals surface area contributed by atoms with E-state index < -0.39 is 35.8 Å². The maximum Gasteiger partial charge on any atom is 0.318 e. The Morgan fingerprint density at radius 2 is 1.70 bits per heavy atom.